The summed E-state index contributed by atoms with van der Waals surface area (Å²) in [6.07, 6.45) is 4.98. The summed E-state index contributed by atoms with van der Waals surface area (Å²) in [5.41, 5.74) is 1.53. The largest absolute Gasteiger partial charge is 0.462 e. The molecular formula is C24H29N5O4S3. The van der Waals surface area contributed by atoms with Crippen molar-refractivity contribution in [2.75, 3.05) is 11.9 Å². The van der Waals surface area contributed by atoms with Gasteiger partial charge in [0.05, 0.1) is 28.8 Å². The van der Waals surface area contributed by atoms with Crippen LogP contribution in [0.3, 0.4) is 0 Å². The molecule has 12 heteroatoms. The number of aromatic nitrogens is 3. The van der Waals surface area contributed by atoms with E-state index in [1.54, 1.807) is 31.5 Å². The van der Waals surface area contributed by atoms with E-state index in [9.17, 15) is 14.4 Å². The number of ether oxygens (including phenoxy) is 1. The molecule has 0 fully saturated rings. The van der Waals surface area contributed by atoms with E-state index >= 15 is 0 Å². The predicted octanol–water partition coefficient (Wildman–Crippen LogP) is 4.43. The van der Waals surface area contributed by atoms with Gasteiger partial charge in [0.1, 0.15) is 5.00 Å². The number of thioether (sulfide) groups is 1. The Kier molecular flexibility index (Phi) is 8.81. The first kappa shape index (κ1) is 26.4. The zero-order valence-electron chi connectivity index (χ0n) is 20.5. The van der Waals surface area contributed by atoms with E-state index in [1.165, 1.54) is 34.4 Å². The lowest BCUT2D eigenvalue weighted by Gasteiger charge is -2.12. The summed E-state index contributed by atoms with van der Waals surface area (Å²) in [5, 5.41) is 16.7. The summed E-state index contributed by atoms with van der Waals surface area (Å²) in [4.78, 5) is 39.9. The third kappa shape index (κ3) is 5.98. The summed E-state index contributed by atoms with van der Waals surface area (Å²) in [6, 6.07) is 3.59. The number of hydrogen-bond acceptors (Lipinski definition) is 9. The van der Waals surface area contributed by atoms with Gasteiger partial charge in [0, 0.05) is 11.9 Å². The van der Waals surface area contributed by atoms with Crippen LogP contribution in [0.25, 0.3) is 0 Å². The fraction of sp³-hybridized carbons (Fsp3) is 0.458. The quantitative estimate of drug-likeness (QED) is 0.231. The Morgan fingerprint density at radius 3 is 2.78 bits per heavy atom. The summed E-state index contributed by atoms with van der Waals surface area (Å²) >= 11 is 4.12. The number of fused-ring (bicyclic) bond motifs is 1. The fourth-order valence-corrected chi connectivity index (χ4v) is 6.68. The van der Waals surface area contributed by atoms with Crippen molar-refractivity contribution in [1.82, 2.24) is 20.1 Å². The fourth-order valence-electron chi connectivity index (χ4n) is 3.93. The van der Waals surface area contributed by atoms with Crippen LogP contribution < -0.4 is 10.6 Å². The van der Waals surface area contributed by atoms with Crippen molar-refractivity contribution in [2.45, 2.75) is 62.9 Å². The first-order valence-electron chi connectivity index (χ1n) is 11.9. The molecule has 1 atom stereocenters. The zero-order valence-corrected chi connectivity index (χ0v) is 22.9. The van der Waals surface area contributed by atoms with Crippen LogP contribution in [0.5, 0.6) is 0 Å². The Bertz CT molecular complexity index is 1230. The molecule has 4 rings (SSSR count). The van der Waals surface area contributed by atoms with E-state index < -0.39 is 5.25 Å². The molecule has 0 bridgehead atoms. The maximum Gasteiger partial charge on any atom is 0.341 e. The maximum atomic E-state index is 13.1. The van der Waals surface area contributed by atoms with Crippen LogP contribution >= 0.6 is 34.4 Å². The lowest BCUT2D eigenvalue weighted by atomic mass is 10.1. The maximum absolute atomic E-state index is 13.1. The second-order valence-corrected chi connectivity index (χ2v) is 11.7. The molecule has 0 aromatic carbocycles. The number of thiophene rings is 2. The highest BCUT2D eigenvalue weighted by Gasteiger charge is 2.28. The number of amides is 2. The highest BCUT2D eigenvalue weighted by Crippen LogP contribution is 2.38. The highest BCUT2D eigenvalue weighted by atomic mass is 32.2. The highest BCUT2D eigenvalue weighted by molar-refractivity contribution is 8.00. The van der Waals surface area contributed by atoms with Crippen molar-refractivity contribution in [1.29, 1.82) is 0 Å². The minimum Gasteiger partial charge on any atom is -0.462 e. The molecule has 2 amide bonds. The molecule has 0 saturated carbocycles. The first-order valence-corrected chi connectivity index (χ1v) is 14.5. The molecule has 0 aliphatic heterocycles. The molecule has 1 aliphatic carbocycles. The van der Waals surface area contributed by atoms with Crippen molar-refractivity contribution >= 4 is 57.2 Å². The Labute approximate surface area is 222 Å². The van der Waals surface area contributed by atoms with Crippen molar-refractivity contribution in [3.63, 3.8) is 0 Å². The topological polar surface area (TPSA) is 115 Å². The van der Waals surface area contributed by atoms with Gasteiger partial charge in [-0.25, -0.2) is 4.79 Å². The van der Waals surface area contributed by atoms with Crippen LogP contribution in [0, 0.1) is 0 Å². The van der Waals surface area contributed by atoms with Gasteiger partial charge in [-0.2, -0.15) is 0 Å². The average Bonchev–Trinajstić information content (AvgIpc) is 3.55. The van der Waals surface area contributed by atoms with Gasteiger partial charge in [-0.1, -0.05) is 24.2 Å². The second-order valence-electron chi connectivity index (χ2n) is 8.36. The number of carbonyl (C=O) groups excluding carboxylic acids is 3. The molecule has 0 unspecified atom stereocenters. The Hall–Kier alpha value is -2.70. The molecule has 36 heavy (non-hydrogen) atoms. The third-order valence-corrected chi connectivity index (χ3v) is 9.08. The van der Waals surface area contributed by atoms with Crippen molar-refractivity contribution < 1.29 is 19.1 Å². The molecule has 9 nitrogen and oxygen atoms in total. The smallest absolute Gasteiger partial charge is 0.341 e. The van der Waals surface area contributed by atoms with Gasteiger partial charge in [-0.3, -0.25) is 9.59 Å². The number of nitrogens with zero attached hydrogens (tertiary/aromatic N) is 3. The van der Waals surface area contributed by atoms with E-state index in [2.05, 4.69) is 20.8 Å². The van der Waals surface area contributed by atoms with Crippen LogP contribution in [0.2, 0.25) is 0 Å². The van der Waals surface area contributed by atoms with E-state index in [1.807, 2.05) is 11.4 Å². The Morgan fingerprint density at radius 2 is 2.03 bits per heavy atom. The van der Waals surface area contributed by atoms with Gasteiger partial charge < -0.3 is 19.9 Å². The number of rotatable bonds is 9. The monoisotopic (exact) mass is 547 g/mol. The normalized spacial score (nSPS) is 14.0. The molecule has 3 aromatic heterocycles. The van der Waals surface area contributed by atoms with Gasteiger partial charge >= 0.3 is 5.97 Å². The van der Waals surface area contributed by atoms with Gasteiger partial charge in [-0.15, -0.1) is 32.9 Å². The van der Waals surface area contributed by atoms with E-state index in [-0.39, 0.29) is 30.9 Å². The van der Waals surface area contributed by atoms with E-state index in [0.29, 0.717) is 26.4 Å². The number of anilines is 1. The van der Waals surface area contributed by atoms with Crippen LogP contribution in [-0.4, -0.2) is 44.4 Å². The number of hydrogen-bond donors (Lipinski definition) is 2. The van der Waals surface area contributed by atoms with Gasteiger partial charge in [0.15, 0.2) is 11.0 Å². The zero-order chi connectivity index (χ0) is 25.7. The SMILES string of the molecule is CCOC(=O)c1c(NC(=O)[C@H](C)Sc2nnc(CNC(=O)c3cccs3)n2C)sc2c1CCCCC2. The lowest BCUT2D eigenvalue weighted by molar-refractivity contribution is -0.115. The number of aryl methyl sites for hydroxylation is 1. The number of nitrogens with one attached hydrogen (secondary N) is 2. The van der Waals surface area contributed by atoms with Crippen LogP contribution in [0.1, 0.15) is 69.4 Å². The Morgan fingerprint density at radius 1 is 1.22 bits per heavy atom. The van der Waals surface area contributed by atoms with Crippen LogP contribution in [0.15, 0.2) is 22.7 Å². The van der Waals surface area contributed by atoms with Gasteiger partial charge in [-0.05, 0) is 56.5 Å². The molecule has 3 heterocycles. The van der Waals surface area contributed by atoms with Crippen LogP contribution in [0.4, 0.5) is 5.00 Å². The van der Waals surface area contributed by atoms with Gasteiger partial charge in [0.2, 0.25) is 5.91 Å². The first-order chi connectivity index (χ1) is 17.4. The molecule has 1 aliphatic rings. The summed E-state index contributed by atoms with van der Waals surface area (Å²) in [6.45, 7) is 4.08. The minimum absolute atomic E-state index is 0.165. The molecule has 0 saturated heterocycles. The van der Waals surface area contributed by atoms with Crippen molar-refractivity contribution in [3.05, 3.63) is 44.2 Å². The standard InChI is InChI=1S/C24H29N5O4S3/c1-4-33-23(32)19-15-9-6-5-7-10-16(15)36-22(19)26-20(30)14(2)35-24-28-27-18(29(24)3)13-25-21(31)17-11-8-12-34-17/h8,11-12,14H,4-7,9-10,13H2,1-3H3,(H,25,31)(H,26,30)/t14-/m0/s1. The molecule has 0 spiro atoms. The molecule has 0 radical (unpaired) electrons. The second kappa shape index (κ2) is 12.0. The van der Waals surface area contributed by atoms with Gasteiger partial charge in [0.25, 0.3) is 5.91 Å². The molecule has 2 N–H and O–H groups in total. The lowest BCUT2D eigenvalue weighted by Crippen LogP contribution is -2.24. The summed E-state index contributed by atoms with van der Waals surface area (Å²) < 4.78 is 7.08. The number of esters is 1. The van der Waals surface area contributed by atoms with E-state index in [0.717, 1.165) is 42.5 Å². The molecular weight excluding hydrogens is 518 g/mol. The van der Waals surface area contributed by atoms with E-state index in [4.69, 9.17) is 4.74 Å². The van der Waals surface area contributed by atoms with Crippen LogP contribution in [-0.2, 0) is 36.0 Å². The Balaban J connectivity index is 1.42. The molecule has 3 aromatic rings. The summed E-state index contributed by atoms with van der Waals surface area (Å²) in [7, 11) is 1.80. The van der Waals surface area contributed by atoms with Crippen molar-refractivity contribution in [2.24, 2.45) is 7.05 Å². The summed E-state index contributed by atoms with van der Waals surface area (Å²) in [5.74, 6) is -0.184. The number of carbonyl (C=O) groups is 3. The third-order valence-electron chi connectivity index (χ3n) is 5.87. The van der Waals surface area contributed by atoms with Crippen molar-refractivity contribution in [3.8, 4) is 0 Å². The molecule has 192 valence electrons. The average molecular weight is 548 g/mol. The predicted molar refractivity (Wildman–Crippen MR) is 142 cm³/mol. The minimum atomic E-state index is -0.488.